The van der Waals surface area contributed by atoms with Crippen molar-refractivity contribution >= 4 is 28.9 Å². The molecule has 2 rings (SSSR count). The zero-order chi connectivity index (χ0) is 16.4. The van der Waals surface area contributed by atoms with Gasteiger partial charge < -0.3 is 4.74 Å². The Morgan fingerprint density at radius 1 is 1.27 bits per heavy atom. The Hall–Kier alpha value is -2.88. The smallest absolute Gasteiger partial charge is 0.308 e. The quantitative estimate of drug-likeness (QED) is 0.481. The van der Waals surface area contributed by atoms with Gasteiger partial charge in [-0.05, 0) is 24.5 Å². The van der Waals surface area contributed by atoms with E-state index >= 15 is 0 Å². The van der Waals surface area contributed by atoms with Gasteiger partial charge in [0.25, 0.3) is 11.4 Å². The Kier molecular flexibility index (Phi) is 4.13. The maximum Gasteiger partial charge on any atom is 0.308 e. The number of aromatic nitrogens is 1. The minimum atomic E-state index is -0.727. The molecule has 0 aliphatic carbocycles. The average molecular weight is 323 g/mol. The second-order valence-corrected chi connectivity index (χ2v) is 5.01. The monoisotopic (exact) mass is 323 g/mol. The molecule has 0 spiro atoms. The van der Waals surface area contributed by atoms with Crippen LogP contribution in [-0.2, 0) is 4.79 Å². The molecule has 22 heavy (non-hydrogen) atoms. The number of rotatable bonds is 4. The molecule has 0 fully saturated rings. The van der Waals surface area contributed by atoms with Crippen LogP contribution in [0.15, 0.2) is 18.2 Å². The van der Waals surface area contributed by atoms with Crippen molar-refractivity contribution in [2.75, 3.05) is 0 Å². The predicted octanol–water partition coefficient (Wildman–Crippen LogP) is 2.86. The molecule has 0 saturated heterocycles. The lowest BCUT2D eigenvalue weighted by Crippen LogP contribution is -2.03. The van der Waals surface area contributed by atoms with Crippen LogP contribution >= 0.6 is 11.5 Å². The molecule has 0 saturated carbocycles. The molecule has 0 amide bonds. The second kappa shape index (κ2) is 5.85. The van der Waals surface area contributed by atoms with E-state index in [-0.39, 0.29) is 16.2 Å². The summed E-state index contributed by atoms with van der Waals surface area (Å²) in [5.74, 6) is -0.469. The number of nitrogens with zero attached hydrogens (tertiary/aromatic N) is 3. The largest absolute Gasteiger partial charge is 0.423 e. The van der Waals surface area contributed by atoms with Crippen molar-refractivity contribution in [3.05, 3.63) is 44.1 Å². The normalized spacial score (nSPS) is 10.3. The Bertz CT molecular complexity index is 785. The Labute approximate surface area is 127 Å². The first-order chi connectivity index (χ1) is 10.3. The first-order valence-electron chi connectivity index (χ1n) is 5.89. The number of carbonyl (C=O) groups is 1. The molecule has 114 valence electrons. The van der Waals surface area contributed by atoms with E-state index in [1.807, 2.05) is 0 Å². The van der Waals surface area contributed by atoms with Gasteiger partial charge in [0.2, 0.25) is 0 Å². The summed E-state index contributed by atoms with van der Waals surface area (Å²) in [6.07, 6.45) is 0. The van der Waals surface area contributed by atoms with Crippen molar-refractivity contribution in [3.63, 3.8) is 0 Å². The first kappa shape index (κ1) is 15.5. The zero-order valence-electron chi connectivity index (χ0n) is 11.4. The van der Waals surface area contributed by atoms with Crippen LogP contribution < -0.4 is 4.74 Å². The second-order valence-electron chi connectivity index (χ2n) is 4.24. The van der Waals surface area contributed by atoms with E-state index in [0.717, 1.165) is 23.7 Å². The number of hydrogen-bond acceptors (Lipinski definition) is 8. The number of esters is 1. The van der Waals surface area contributed by atoms with Gasteiger partial charge in [-0.25, -0.2) is 0 Å². The van der Waals surface area contributed by atoms with Crippen LogP contribution in [0.25, 0.3) is 10.4 Å². The number of carbonyl (C=O) groups excluding carboxylic acids is 1. The maximum atomic E-state index is 11.2. The molecule has 1 heterocycles. The van der Waals surface area contributed by atoms with Crippen LogP contribution in [0.5, 0.6) is 5.75 Å². The molecule has 0 N–H and O–H groups in total. The minimum Gasteiger partial charge on any atom is -0.423 e. The van der Waals surface area contributed by atoms with E-state index in [1.54, 1.807) is 6.92 Å². The molecule has 1 aromatic heterocycles. The number of nitro groups is 2. The van der Waals surface area contributed by atoms with Gasteiger partial charge in [-0.3, -0.25) is 25.0 Å². The van der Waals surface area contributed by atoms with Crippen LogP contribution in [0.1, 0.15) is 12.6 Å². The van der Waals surface area contributed by atoms with E-state index in [2.05, 4.69) is 4.37 Å². The third-order valence-corrected chi connectivity index (χ3v) is 3.64. The summed E-state index contributed by atoms with van der Waals surface area (Å²) in [6.45, 7) is 2.79. The Morgan fingerprint density at radius 2 is 1.95 bits per heavy atom. The standard InChI is InChI=1S/C12H9N3O6S/c1-6-11(21-7(2)16)12(22-13-6)9-4-3-8(14(17)18)5-10(9)15(19)20/h3-5H,1-2H3. The average Bonchev–Trinajstić information content (AvgIpc) is 2.78. The third-order valence-electron chi connectivity index (χ3n) is 2.69. The summed E-state index contributed by atoms with van der Waals surface area (Å²) in [5, 5.41) is 21.9. The topological polar surface area (TPSA) is 125 Å². The van der Waals surface area contributed by atoms with Crippen molar-refractivity contribution in [1.82, 2.24) is 4.37 Å². The Balaban J connectivity index is 2.65. The van der Waals surface area contributed by atoms with Crippen LogP contribution in [0.4, 0.5) is 11.4 Å². The molecule has 1 aromatic carbocycles. The van der Waals surface area contributed by atoms with Gasteiger partial charge in [0.05, 0.1) is 27.2 Å². The molecule has 10 heteroatoms. The number of aryl methyl sites for hydroxylation is 1. The fraction of sp³-hybridized carbons (Fsp3) is 0.167. The lowest BCUT2D eigenvalue weighted by Gasteiger charge is -2.04. The van der Waals surface area contributed by atoms with E-state index in [9.17, 15) is 25.0 Å². The maximum absolute atomic E-state index is 11.2. The molecule has 9 nitrogen and oxygen atoms in total. The predicted molar refractivity (Wildman–Crippen MR) is 76.9 cm³/mol. The van der Waals surface area contributed by atoms with Gasteiger partial charge in [-0.1, -0.05) is 0 Å². The highest BCUT2D eigenvalue weighted by Gasteiger charge is 2.26. The van der Waals surface area contributed by atoms with Crippen LogP contribution in [0.2, 0.25) is 0 Å². The van der Waals surface area contributed by atoms with Gasteiger partial charge >= 0.3 is 5.97 Å². The number of hydrogen-bond donors (Lipinski definition) is 0. The summed E-state index contributed by atoms with van der Waals surface area (Å²) < 4.78 is 9.05. The molecule has 0 unspecified atom stereocenters. The molecule has 2 aromatic rings. The van der Waals surface area contributed by atoms with E-state index < -0.39 is 27.2 Å². The SMILES string of the molecule is CC(=O)Oc1c(C)nsc1-c1ccc([N+](=O)[O-])cc1[N+](=O)[O-]. The van der Waals surface area contributed by atoms with Crippen molar-refractivity contribution in [2.24, 2.45) is 0 Å². The molecular formula is C12H9N3O6S. The zero-order valence-corrected chi connectivity index (χ0v) is 12.2. The molecule has 0 atom stereocenters. The van der Waals surface area contributed by atoms with Gasteiger partial charge in [0.15, 0.2) is 5.75 Å². The lowest BCUT2D eigenvalue weighted by molar-refractivity contribution is -0.393. The van der Waals surface area contributed by atoms with E-state index in [4.69, 9.17) is 4.74 Å². The first-order valence-corrected chi connectivity index (χ1v) is 6.66. The van der Waals surface area contributed by atoms with E-state index in [1.165, 1.54) is 13.0 Å². The number of benzene rings is 1. The summed E-state index contributed by atoms with van der Waals surface area (Å²) in [5.41, 5.74) is -0.336. The molecular weight excluding hydrogens is 314 g/mol. The number of non-ortho nitro benzene ring substituents is 1. The van der Waals surface area contributed by atoms with Crippen LogP contribution in [0, 0.1) is 27.2 Å². The van der Waals surface area contributed by atoms with Gasteiger partial charge in [-0.2, -0.15) is 4.37 Å². The third kappa shape index (κ3) is 2.91. The van der Waals surface area contributed by atoms with Crippen molar-refractivity contribution in [3.8, 4) is 16.2 Å². The van der Waals surface area contributed by atoms with Crippen LogP contribution in [-0.4, -0.2) is 20.2 Å². The molecule has 0 bridgehead atoms. The summed E-state index contributed by atoms with van der Waals surface area (Å²) in [4.78, 5) is 31.9. The van der Waals surface area contributed by atoms with Crippen molar-refractivity contribution in [2.45, 2.75) is 13.8 Å². The minimum absolute atomic E-state index is 0.109. The molecule has 0 aliphatic rings. The lowest BCUT2D eigenvalue weighted by atomic mass is 10.1. The van der Waals surface area contributed by atoms with Gasteiger partial charge in [-0.15, -0.1) is 0 Å². The fourth-order valence-corrected chi connectivity index (χ4v) is 2.63. The summed E-state index contributed by atoms with van der Waals surface area (Å²) in [7, 11) is 0. The molecule has 0 aliphatic heterocycles. The van der Waals surface area contributed by atoms with Gasteiger partial charge in [0, 0.05) is 13.0 Å². The number of ether oxygens (including phenoxy) is 1. The molecule has 0 radical (unpaired) electrons. The fourth-order valence-electron chi connectivity index (χ4n) is 1.77. The van der Waals surface area contributed by atoms with Crippen molar-refractivity contribution < 1.29 is 19.4 Å². The summed E-state index contributed by atoms with van der Waals surface area (Å²) in [6, 6.07) is 3.26. The highest BCUT2D eigenvalue weighted by Crippen LogP contribution is 2.42. The van der Waals surface area contributed by atoms with E-state index in [0.29, 0.717) is 5.69 Å². The van der Waals surface area contributed by atoms with Crippen molar-refractivity contribution in [1.29, 1.82) is 0 Å². The summed E-state index contributed by atoms with van der Waals surface area (Å²) >= 11 is 0.916. The van der Waals surface area contributed by atoms with Crippen LogP contribution in [0.3, 0.4) is 0 Å². The Morgan fingerprint density at radius 3 is 2.50 bits per heavy atom. The highest BCUT2D eigenvalue weighted by atomic mass is 32.1. The number of nitro benzene ring substituents is 2. The van der Waals surface area contributed by atoms with Gasteiger partial charge in [0.1, 0.15) is 4.88 Å². The highest BCUT2D eigenvalue weighted by molar-refractivity contribution is 7.10.